The van der Waals surface area contributed by atoms with Crippen molar-refractivity contribution in [2.24, 2.45) is 11.3 Å². The molecule has 6 bridgehead atoms. The maximum Gasteiger partial charge on any atom is 0.244 e. The Balaban J connectivity index is 1.42. The van der Waals surface area contributed by atoms with Crippen LogP contribution in [0.3, 0.4) is 0 Å². The van der Waals surface area contributed by atoms with Crippen molar-refractivity contribution in [3.63, 3.8) is 0 Å². The Labute approximate surface area is 240 Å². The molecule has 5 aliphatic heterocycles. The standard InChI is InChI=1S/C28H45N5O8/c1-28(2,3)15-32-13-17-10-18(32)27(39)31-6-7-33(26(38)16-4-8-40-9-5-16)19(14-31)25(37)29-12-21-24(36)23(35)20(41-21)11-22(34)30-17/h16-21,23-24,35-36H,4-15H2,1-3H3,(H,29,37)(H,30,34)/t17-,18-,19-,20-,21+,23-,24+/m0/s1. The normalized spacial score (nSPS) is 36.3. The van der Waals surface area contributed by atoms with Crippen LogP contribution >= 0.6 is 0 Å². The molecule has 0 aromatic rings. The second-order valence-electron chi connectivity index (χ2n) is 13.4. The molecule has 7 atom stereocenters. The van der Waals surface area contributed by atoms with E-state index in [4.69, 9.17) is 9.47 Å². The predicted molar refractivity (Wildman–Crippen MR) is 145 cm³/mol. The average molecular weight is 580 g/mol. The first kappa shape index (κ1) is 30.1. The van der Waals surface area contributed by atoms with Gasteiger partial charge in [-0.15, -0.1) is 0 Å². The number of fused-ring (bicyclic) bond motifs is 6. The quantitative estimate of drug-likeness (QED) is 0.292. The van der Waals surface area contributed by atoms with Gasteiger partial charge in [-0.3, -0.25) is 24.1 Å². The van der Waals surface area contributed by atoms with E-state index in [9.17, 15) is 29.4 Å². The highest BCUT2D eigenvalue weighted by atomic mass is 16.5. The van der Waals surface area contributed by atoms with Crippen molar-refractivity contribution < 1.29 is 38.9 Å². The summed E-state index contributed by atoms with van der Waals surface area (Å²) in [5.74, 6) is -1.23. The van der Waals surface area contributed by atoms with E-state index in [2.05, 4.69) is 36.3 Å². The summed E-state index contributed by atoms with van der Waals surface area (Å²) in [7, 11) is 0. The molecule has 5 rings (SSSR count). The zero-order chi connectivity index (χ0) is 29.5. The summed E-state index contributed by atoms with van der Waals surface area (Å²) >= 11 is 0. The number of ether oxygens (including phenoxy) is 2. The van der Waals surface area contributed by atoms with Crippen molar-refractivity contribution in [2.45, 2.75) is 89.0 Å². The first-order valence-corrected chi connectivity index (χ1v) is 14.9. The Morgan fingerprint density at radius 2 is 1.71 bits per heavy atom. The number of nitrogens with zero attached hydrogens (tertiary/aromatic N) is 3. The zero-order valence-corrected chi connectivity index (χ0v) is 24.3. The Hall–Kier alpha value is -2.32. The molecule has 5 heterocycles. The molecule has 4 N–H and O–H groups in total. The number of likely N-dealkylation sites (tertiary alicyclic amines) is 1. The number of carbonyl (C=O) groups is 4. The summed E-state index contributed by atoms with van der Waals surface area (Å²) < 4.78 is 11.2. The molecule has 0 unspecified atom stereocenters. The number of aliphatic hydroxyl groups excluding tert-OH is 2. The largest absolute Gasteiger partial charge is 0.388 e. The lowest BCUT2D eigenvalue weighted by Gasteiger charge is -2.43. The van der Waals surface area contributed by atoms with Crippen molar-refractivity contribution in [1.29, 1.82) is 0 Å². The predicted octanol–water partition coefficient (Wildman–Crippen LogP) is -1.93. The summed E-state index contributed by atoms with van der Waals surface area (Å²) in [5, 5.41) is 27.0. The highest BCUT2D eigenvalue weighted by Crippen LogP contribution is 2.29. The van der Waals surface area contributed by atoms with Gasteiger partial charge in [0.15, 0.2) is 0 Å². The highest BCUT2D eigenvalue weighted by molar-refractivity contribution is 5.91. The van der Waals surface area contributed by atoms with Gasteiger partial charge in [-0.1, -0.05) is 20.8 Å². The highest BCUT2D eigenvalue weighted by Gasteiger charge is 2.47. The van der Waals surface area contributed by atoms with Crippen LogP contribution in [0.25, 0.3) is 0 Å². The maximum absolute atomic E-state index is 14.0. The number of hydrogen-bond acceptors (Lipinski definition) is 9. The molecular formula is C28H45N5O8. The number of carbonyl (C=O) groups excluding carboxylic acids is 4. The van der Waals surface area contributed by atoms with Crippen LogP contribution in [0.15, 0.2) is 0 Å². The van der Waals surface area contributed by atoms with Gasteiger partial charge < -0.3 is 40.1 Å². The van der Waals surface area contributed by atoms with Gasteiger partial charge in [-0.2, -0.15) is 0 Å². The van der Waals surface area contributed by atoms with Gasteiger partial charge in [0.1, 0.15) is 24.4 Å². The lowest BCUT2D eigenvalue weighted by Crippen LogP contribution is -2.64. The second kappa shape index (κ2) is 12.1. The molecule has 0 spiro atoms. The maximum atomic E-state index is 14.0. The third-order valence-corrected chi connectivity index (χ3v) is 8.90. The first-order chi connectivity index (χ1) is 19.4. The third-order valence-electron chi connectivity index (χ3n) is 8.90. The van der Waals surface area contributed by atoms with E-state index in [0.29, 0.717) is 52.1 Å². The number of piperazine rings is 1. The van der Waals surface area contributed by atoms with E-state index in [1.807, 2.05) is 0 Å². The average Bonchev–Trinajstić information content (AvgIpc) is 3.44. The molecule has 5 saturated heterocycles. The fourth-order valence-corrected chi connectivity index (χ4v) is 6.86. The van der Waals surface area contributed by atoms with E-state index >= 15 is 0 Å². The van der Waals surface area contributed by atoms with E-state index in [1.165, 1.54) is 0 Å². The molecule has 5 fully saturated rings. The van der Waals surface area contributed by atoms with E-state index in [1.54, 1.807) is 9.80 Å². The molecule has 13 heteroatoms. The number of rotatable bonds is 2. The van der Waals surface area contributed by atoms with Crippen LogP contribution in [0.2, 0.25) is 0 Å². The molecule has 41 heavy (non-hydrogen) atoms. The summed E-state index contributed by atoms with van der Waals surface area (Å²) in [5.41, 5.74) is -0.0968. The molecule has 230 valence electrons. The molecule has 0 saturated carbocycles. The van der Waals surface area contributed by atoms with Crippen LogP contribution < -0.4 is 10.6 Å². The van der Waals surface area contributed by atoms with E-state index in [-0.39, 0.29) is 61.2 Å². The third kappa shape index (κ3) is 6.69. The molecule has 5 aliphatic rings. The topological polar surface area (TPSA) is 161 Å². The Morgan fingerprint density at radius 3 is 2.41 bits per heavy atom. The monoisotopic (exact) mass is 579 g/mol. The van der Waals surface area contributed by atoms with Gasteiger partial charge in [-0.05, 0) is 24.7 Å². The number of hydrogen-bond donors (Lipinski definition) is 4. The van der Waals surface area contributed by atoms with Gasteiger partial charge in [0, 0.05) is 57.9 Å². The zero-order valence-electron chi connectivity index (χ0n) is 24.3. The van der Waals surface area contributed by atoms with Gasteiger partial charge in [0.2, 0.25) is 23.6 Å². The van der Waals surface area contributed by atoms with Gasteiger partial charge >= 0.3 is 0 Å². The smallest absolute Gasteiger partial charge is 0.244 e. The molecule has 0 aliphatic carbocycles. The molecule has 0 radical (unpaired) electrons. The summed E-state index contributed by atoms with van der Waals surface area (Å²) in [6, 6.07) is -1.65. The SMILES string of the molecule is CC(C)(C)CN1C[C@@H]2C[C@H]1C(=O)N1CCN(C(=O)C3CCOCC3)[C@@H](C1)C(=O)NC[C@H]1O[C@@H](CC(=O)N2)[C@H](O)[C@@H]1O. The van der Waals surface area contributed by atoms with Gasteiger partial charge in [0.25, 0.3) is 0 Å². The summed E-state index contributed by atoms with van der Waals surface area (Å²) in [4.78, 5) is 59.5. The van der Waals surface area contributed by atoms with Crippen molar-refractivity contribution in [1.82, 2.24) is 25.3 Å². The molecular weight excluding hydrogens is 534 g/mol. The van der Waals surface area contributed by atoms with E-state index < -0.39 is 42.4 Å². The minimum atomic E-state index is -1.29. The second-order valence-corrected chi connectivity index (χ2v) is 13.4. The fourth-order valence-electron chi connectivity index (χ4n) is 6.86. The summed E-state index contributed by atoms with van der Waals surface area (Å²) in [6.07, 6.45) is -2.98. The lowest BCUT2D eigenvalue weighted by molar-refractivity contribution is -0.154. The van der Waals surface area contributed by atoms with Crippen molar-refractivity contribution in [2.75, 3.05) is 52.5 Å². The lowest BCUT2D eigenvalue weighted by atomic mass is 9.95. The van der Waals surface area contributed by atoms with Crippen LogP contribution in [0, 0.1) is 11.3 Å². The van der Waals surface area contributed by atoms with Crippen molar-refractivity contribution in [3.8, 4) is 0 Å². The summed E-state index contributed by atoms with van der Waals surface area (Å²) in [6.45, 7) is 8.89. The Morgan fingerprint density at radius 1 is 1.00 bits per heavy atom. The molecule has 4 amide bonds. The van der Waals surface area contributed by atoms with Crippen LogP contribution in [0.4, 0.5) is 0 Å². The minimum absolute atomic E-state index is 0.0514. The molecule has 13 nitrogen and oxygen atoms in total. The van der Waals surface area contributed by atoms with Crippen LogP contribution in [0.5, 0.6) is 0 Å². The van der Waals surface area contributed by atoms with E-state index in [0.717, 1.165) is 0 Å². The Bertz CT molecular complexity index is 1010. The van der Waals surface area contributed by atoms with Crippen LogP contribution in [-0.2, 0) is 28.7 Å². The van der Waals surface area contributed by atoms with Crippen molar-refractivity contribution >= 4 is 23.6 Å². The van der Waals surface area contributed by atoms with Gasteiger partial charge in [-0.25, -0.2) is 0 Å². The van der Waals surface area contributed by atoms with Crippen LogP contribution in [-0.4, -0.2) is 144 Å². The Kier molecular flexibility index (Phi) is 8.91. The van der Waals surface area contributed by atoms with Crippen molar-refractivity contribution in [3.05, 3.63) is 0 Å². The molecule has 0 aromatic carbocycles. The number of nitrogens with one attached hydrogen (secondary N) is 2. The fraction of sp³-hybridized carbons (Fsp3) is 0.857. The first-order valence-electron chi connectivity index (χ1n) is 14.9. The minimum Gasteiger partial charge on any atom is -0.388 e. The van der Waals surface area contributed by atoms with Crippen LogP contribution in [0.1, 0.15) is 46.5 Å². The number of amides is 4. The number of aliphatic hydroxyl groups is 2. The van der Waals surface area contributed by atoms with Gasteiger partial charge in [0.05, 0.1) is 25.1 Å². The molecule has 0 aromatic heterocycles.